The van der Waals surface area contributed by atoms with Gasteiger partial charge in [0, 0.05) is 6.54 Å². The summed E-state index contributed by atoms with van der Waals surface area (Å²) in [5.41, 5.74) is -1.53. The van der Waals surface area contributed by atoms with Gasteiger partial charge in [0.15, 0.2) is 0 Å². The molecule has 0 aliphatic carbocycles. The molecule has 1 aliphatic heterocycles. The first-order valence-electron chi connectivity index (χ1n) is 7.42. The van der Waals surface area contributed by atoms with Crippen molar-refractivity contribution in [3.05, 3.63) is 64.7 Å². The molecule has 2 aromatic carbocycles. The quantitative estimate of drug-likeness (QED) is 0.695. The van der Waals surface area contributed by atoms with Crippen molar-refractivity contribution in [1.82, 2.24) is 0 Å². The van der Waals surface area contributed by atoms with Crippen LogP contribution < -0.4 is 5.06 Å². The Kier molecular flexibility index (Phi) is 4.40. The maximum atomic E-state index is 12.9. The monoisotopic (exact) mass is 361 g/mol. The van der Waals surface area contributed by atoms with Crippen molar-refractivity contribution in [2.45, 2.75) is 25.4 Å². The Morgan fingerprint density at radius 2 is 1.56 bits per heavy atom. The molecule has 2 nitrogen and oxygen atoms in total. The highest BCUT2D eigenvalue weighted by atomic mass is 19.4. The summed E-state index contributed by atoms with van der Waals surface area (Å²) in [5.74, 6) is 0. The molecule has 0 unspecified atom stereocenters. The Labute approximate surface area is 139 Å². The van der Waals surface area contributed by atoms with Crippen LogP contribution in [0.2, 0.25) is 0 Å². The van der Waals surface area contributed by atoms with Crippen molar-refractivity contribution in [3.63, 3.8) is 0 Å². The Morgan fingerprint density at radius 3 is 2.24 bits per heavy atom. The van der Waals surface area contributed by atoms with Gasteiger partial charge in [-0.1, -0.05) is 24.3 Å². The van der Waals surface area contributed by atoms with E-state index in [4.69, 9.17) is 4.84 Å². The fourth-order valence-electron chi connectivity index (χ4n) is 2.76. The van der Waals surface area contributed by atoms with E-state index < -0.39 is 23.5 Å². The number of fused-ring (bicyclic) bond motifs is 1. The van der Waals surface area contributed by atoms with Crippen LogP contribution in [0, 0.1) is 0 Å². The van der Waals surface area contributed by atoms with E-state index >= 15 is 0 Å². The van der Waals surface area contributed by atoms with Crippen molar-refractivity contribution in [1.29, 1.82) is 0 Å². The topological polar surface area (TPSA) is 12.5 Å². The molecule has 0 saturated heterocycles. The molecule has 0 amide bonds. The number of nitrogens with zero attached hydrogens (tertiary/aromatic N) is 1. The molecular weight excluding hydrogens is 348 g/mol. The second kappa shape index (κ2) is 6.25. The van der Waals surface area contributed by atoms with Crippen LogP contribution >= 0.6 is 0 Å². The normalized spacial score (nSPS) is 14.7. The molecule has 0 aromatic heterocycles. The van der Waals surface area contributed by atoms with Gasteiger partial charge in [-0.25, -0.2) is 0 Å². The summed E-state index contributed by atoms with van der Waals surface area (Å²) in [5, 5.41) is 1.54. The molecule has 3 rings (SSSR count). The molecule has 1 heterocycles. The molecule has 0 saturated carbocycles. The Bertz CT molecular complexity index is 768. The summed E-state index contributed by atoms with van der Waals surface area (Å²) in [6, 6.07) is 9.34. The summed E-state index contributed by atoms with van der Waals surface area (Å²) in [6.45, 7) is 0.279. The fourth-order valence-corrected chi connectivity index (χ4v) is 2.76. The Morgan fingerprint density at radius 1 is 0.880 bits per heavy atom. The van der Waals surface area contributed by atoms with E-state index in [0.717, 1.165) is 23.7 Å². The fraction of sp³-hybridized carbons (Fsp3) is 0.294. The molecule has 8 heteroatoms. The van der Waals surface area contributed by atoms with Gasteiger partial charge in [-0.2, -0.15) is 26.3 Å². The minimum atomic E-state index is -5.10. The number of hydrogen-bond acceptors (Lipinski definition) is 2. The molecule has 2 aromatic rings. The lowest BCUT2D eigenvalue weighted by Crippen LogP contribution is -2.21. The molecule has 0 bridgehead atoms. The van der Waals surface area contributed by atoms with E-state index in [0.29, 0.717) is 18.7 Å². The highest BCUT2D eigenvalue weighted by Gasteiger charge is 2.43. The summed E-state index contributed by atoms with van der Waals surface area (Å²) >= 11 is 0. The Hall–Kier alpha value is -2.22. The lowest BCUT2D eigenvalue weighted by atomic mass is 10.0. The average molecular weight is 361 g/mol. The first-order valence-corrected chi connectivity index (χ1v) is 7.42. The summed E-state index contributed by atoms with van der Waals surface area (Å²) in [6.07, 6.45) is -9.43. The lowest BCUT2D eigenvalue weighted by Gasteiger charge is -2.20. The molecular formula is C17H13F6NO. The number of hydroxylamine groups is 1. The van der Waals surface area contributed by atoms with Gasteiger partial charge in [-0.3, -0.25) is 9.90 Å². The van der Waals surface area contributed by atoms with Gasteiger partial charge >= 0.3 is 12.4 Å². The minimum absolute atomic E-state index is 0.0182. The first-order chi connectivity index (χ1) is 11.7. The van der Waals surface area contributed by atoms with Crippen molar-refractivity contribution >= 4 is 5.69 Å². The minimum Gasteiger partial charge on any atom is -0.269 e. The smallest absolute Gasteiger partial charge is 0.269 e. The maximum Gasteiger partial charge on any atom is 0.417 e. The molecule has 1 aliphatic rings. The lowest BCUT2D eigenvalue weighted by molar-refractivity contribution is -0.162. The largest absolute Gasteiger partial charge is 0.417 e. The summed E-state index contributed by atoms with van der Waals surface area (Å²) in [7, 11) is 0. The zero-order chi connectivity index (χ0) is 18.2. The van der Waals surface area contributed by atoms with Gasteiger partial charge in [0.1, 0.15) is 0 Å². The SMILES string of the molecule is FC(F)(F)c1ccc(CON2CCc3ccccc32)cc1C(F)(F)F. The third-order valence-corrected chi connectivity index (χ3v) is 3.93. The van der Waals surface area contributed by atoms with Crippen LogP contribution in [0.4, 0.5) is 32.0 Å². The molecule has 25 heavy (non-hydrogen) atoms. The number of rotatable bonds is 3. The van der Waals surface area contributed by atoms with E-state index in [9.17, 15) is 26.3 Å². The molecule has 0 fully saturated rings. The van der Waals surface area contributed by atoms with Crippen molar-refractivity contribution < 1.29 is 31.2 Å². The van der Waals surface area contributed by atoms with E-state index in [1.54, 1.807) is 11.1 Å². The Balaban J connectivity index is 1.80. The van der Waals surface area contributed by atoms with Crippen LogP contribution in [0.1, 0.15) is 22.3 Å². The highest BCUT2D eigenvalue weighted by Crippen LogP contribution is 2.40. The predicted molar refractivity (Wildman–Crippen MR) is 78.7 cm³/mol. The molecule has 134 valence electrons. The number of halogens is 6. The number of benzene rings is 2. The molecule has 0 atom stereocenters. The molecule has 0 radical (unpaired) electrons. The van der Waals surface area contributed by atoms with Crippen LogP contribution in [-0.2, 0) is 30.2 Å². The maximum absolute atomic E-state index is 12.9. The van der Waals surface area contributed by atoms with Gasteiger partial charge in [0.25, 0.3) is 0 Å². The van der Waals surface area contributed by atoms with Gasteiger partial charge in [0.05, 0.1) is 23.4 Å². The average Bonchev–Trinajstić information content (AvgIpc) is 2.94. The first kappa shape index (κ1) is 17.6. The zero-order valence-electron chi connectivity index (χ0n) is 12.8. The summed E-state index contributed by atoms with van der Waals surface area (Å²) < 4.78 is 77.1. The second-order valence-electron chi connectivity index (χ2n) is 5.63. The second-order valence-corrected chi connectivity index (χ2v) is 5.63. The van der Waals surface area contributed by atoms with Crippen LogP contribution in [-0.4, -0.2) is 6.54 Å². The highest BCUT2D eigenvalue weighted by molar-refractivity contribution is 5.55. The van der Waals surface area contributed by atoms with E-state index in [2.05, 4.69) is 0 Å². The number of alkyl halides is 6. The summed E-state index contributed by atoms with van der Waals surface area (Å²) in [4.78, 5) is 5.49. The van der Waals surface area contributed by atoms with Crippen LogP contribution in [0.25, 0.3) is 0 Å². The van der Waals surface area contributed by atoms with Crippen molar-refractivity contribution in [3.8, 4) is 0 Å². The third kappa shape index (κ3) is 3.73. The molecule has 0 N–H and O–H groups in total. The van der Waals surface area contributed by atoms with Crippen LogP contribution in [0.15, 0.2) is 42.5 Å². The number of hydrogen-bond donors (Lipinski definition) is 0. The van der Waals surface area contributed by atoms with Crippen LogP contribution in [0.3, 0.4) is 0 Å². The third-order valence-electron chi connectivity index (χ3n) is 3.93. The van der Waals surface area contributed by atoms with E-state index in [-0.39, 0.29) is 12.2 Å². The van der Waals surface area contributed by atoms with E-state index in [1.807, 2.05) is 18.2 Å². The van der Waals surface area contributed by atoms with E-state index in [1.165, 1.54) is 0 Å². The number of anilines is 1. The standard InChI is InChI=1S/C17H13F6NO/c18-16(19,20)13-6-5-11(9-14(13)17(21,22)23)10-25-24-8-7-12-3-1-2-4-15(12)24/h1-6,9H,7-8,10H2. The van der Waals surface area contributed by atoms with Crippen LogP contribution in [0.5, 0.6) is 0 Å². The number of para-hydroxylation sites is 1. The van der Waals surface area contributed by atoms with Gasteiger partial charge in [0.2, 0.25) is 0 Å². The van der Waals surface area contributed by atoms with Gasteiger partial charge < -0.3 is 0 Å². The van der Waals surface area contributed by atoms with Gasteiger partial charge in [-0.15, -0.1) is 0 Å². The van der Waals surface area contributed by atoms with Crippen molar-refractivity contribution in [2.75, 3.05) is 11.6 Å². The predicted octanol–water partition coefficient (Wildman–Crippen LogP) is 5.22. The molecule has 0 spiro atoms. The van der Waals surface area contributed by atoms with Crippen molar-refractivity contribution in [2.24, 2.45) is 0 Å². The van der Waals surface area contributed by atoms with Gasteiger partial charge in [-0.05, 0) is 35.7 Å². The zero-order valence-corrected chi connectivity index (χ0v) is 12.8.